The monoisotopic (exact) mass is 242 g/mol. The molecular weight excluding hydrogens is 228 g/mol. The Morgan fingerprint density at radius 2 is 2.06 bits per heavy atom. The van der Waals surface area contributed by atoms with E-state index >= 15 is 0 Å². The van der Waals surface area contributed by atoms with Crippen LogP contribution in [0.4, 0.5) is 5.69 Å². The maximum Gasteiger partial charge on any atom is 0.235 e. The van der Waals surface area contributed by atoms with Crippen LogP contribution in [0.25, 0.3) is 0 Å². The molecule has 0 aliphatic carbocycles. The van der Waals surface area contributed by atoms with Crippen molar-refractivity contribution in [3.05, 3.63) is 23.8 Å². The molecule has 5 nitrogen and oxygen atoms in total. The van der Waals surface area contributed by atoms with E-state index in [0.717, 1.165) is 0 Å². The van der Waals surface area contributed by atoms with Crippen LogP contribution in [-0.4, -0.2) is 27.1 Å². The number of hydrogen-bond donors (Lipinski definition) is 2. The van der Waals surface area contributed by atoms with Crippen LogP contribution in [0.15, 0.2) is 23.1 Å². The fourth-order valence-electron chi connectivity index (χ4n) is 1.27. The number of sulfone groups is 1. The number of rotatable bonds is 3. The van der Waals surface area contributed by atoms with Gasteiger partial charge in [0.25, 0.3) is 0 Å². The molecule has 0 fully saturated rings. The highest BCUT2D eigenvalue weighted by Gasteiger charge is 2.20. The first-order valence-electron chi connectivity index (χ1n) is 4.66. The second-order valence-electron chi connectivity index (χ2n) is 3.46. The minimum absolute atomic E-state index is 0.108. The molecule has 1 aromatic carbocycles. The molecule has 0 radical (unpaired) electrons. The zero-order valence-electron chi connectivity index (χ0n) is 9.15. The second kappa shape index (κ2) is 4.52. The van der Waals surface area contributed by atoms with Crippen LogP contribution in [0.5, 0.6) is 0 Å². The summed E-state index contributed by atoms with van der Waals surface area (Å²) >= 11 is 0. The molecule has 0 spiro atoms. The standard InChI is InChI=1S/C10H14N2O3S/c1-7-3-4-8(11)5-9(7)16(14,15)6-10(13)12-2/h3-5H,6,11H2,1-2H3,(H,12,13). The Kier molecular flexibility index (Phi) is 3.54. The van der Waals surface area contributed by atoms with Crippen molar-refractivity contribution in [3.63, 3.8) is 0 Å². The summed E-state index contributed by atoms with van der Waals surface area (Å²) in [5.41, 5.74) is 6.47. The fourth-order valence-corrected chi connectivity index (χ4v) is 2.79. The first kappa shape index (κ1) is 12.5. The molecule has 1 amide bonds. The van der Waals surface area contributed by atoms with Crippen LogP contribution >= 0.6 is 0 Å². The summed E-state index contributed by atoms with van der Waals surface area (Å²) in [6.45, 7) is 1.66. The van der Waals surface area contributed by atoms with Gasteiger partial charge in [0.2, 0.25) is 5.91 Å². The molecule has 1 rings (SSSR count). The highest BCUT2D eigenvalue weighted by Crippen LogP contribution is 2.19. The van der Waals surface area contributed by atoms with Gasteiger partial charge in [0, 0.05) is 12.7 Å². The van der Waals surface area contributed by atoms with Gasteiger partial charge in [-0.2, -0.15) is 0 Å². The summed E-state index contributed by atoms with van der Waals surface area (Å²) in [6, 6.07) is 4.61. The smallest absolute Gasteiger partial charge is 0.235 e. The minimum atomic E-state index is -3.62. The molecule has 16 heavy (non-hydrogen) atoms. The van der Waals surface area contributed by atoms with Crippen LogP contribution in [0.1, 0.15) is 5.56 Å². The van der Waals surface area contributed by atoms with Gasteiger partial charge in [0.05, 0.1) is 4.90 Å². The zero-order valence-corrected chi connectivity index (χ0v) is 9.97. The number of nitrogen functional groups attached to an aromatic ring is 1. The van der Waals surface area contributed by atoms with Crippen molar-refractivity contribution in [1.29, 1.82) is 0 Å². The van der Waals surface area contributed by atoms with Gasteiger partial charge in [-0.15, -0.1) is 0 Å². The third kappa shape index (κ3) is 2.73. The molecule has 3 N–H and O–H groups in total. The summed E-state index contributed by atoms with van der Waals surface area (Å²) in [4.78, 5) is 11.2. The zero-order chi connectivity index (χ0) is 12.3. The molecule has 0 aromatic heterocycles. The summed E-state index contributed by atoms with van der Waals surface area (Å²) in [6.07, 6.45) is 0. The lowest BCUT2D eigenvalue weighted by Gasteiger charge is -2.07. The summed E-state index contributed by atoms with van der Waals surface area (Å²) in [5, 5.41) is 2.28. The largest absolute Gasteiger partial charge is 0.399 e. The number of aryl methyl sites for hydroxylation is 1. The Balaban J connectivity index is 3.17. The van der Waals surface area contributed by atoms with Gasteiger partial charge in [-0.1, -0.05) is 6.07 Å². The summed E-state index contributed by atoms with van der Waals surface area (Å²) in [5.74, 6) is -1.10. The van der Waals surface area contributed by atoms with E-state index in [9.17, 15) is 13.2 Å². The molecule has 1 aromatic rings. The van der Waals surface area contributed by atoms with Crippen molar-refractivity contribution in [1.82, 2.24) is 5.32 Å². The fraction of sp³-hybridized carbons (Fsp3) is 0.300. The number of nitrogens with two attached hydrogens (primary N) is 1. The molecule has 88 valence electrons. The molecule has 0 saturated carbocycles. The van der Waals surface area contributed by atoms with Crippen molar-refractivity contribution >= 4 is 21.4 Å². The van der Waals surface area contributed by atoms with Gasteiger partial charge < -0.3 is 11.1 Å². The maximum absolute atomic E-state index is 11.9. The van der Waals surface area contributed by atoms with E-state index in [4.69, 9.17) is 5.73 Å². The topological polar surface area (TPSA) is 89.3 Å². The average Bonchev–Trinajstić information content (AvgIpc) is 2.20. The van der Waals surface area contributed by atoms with E-state index in [1.165, 1.54) is 13.1 Å². The summed E-state index contributed by atoms with van der Waals surface area (Å²) in [7, 11) is -2.22. The third-order valence-electron chi connectivity index (χ3n) is 2.15. The molecule has 0 aliphatic rings. The van der Waals surface area contributed by atoms with Gasteiger partial charge in [0.15, 0.2) is 9.84 Å². The van der Waals surface area contributed by atoms with Gasteiger partial charge in [-0.3, -0.25) is 4.79 Å². The number of amides is 1. The number of anilines is 1. The minimum Gasteiger partial charge on any atom is -0.399 e. The van der Waals surface area contributed by atoms with E-state index in [-0.39, 0.29) is 4.90 Å². The van der Waals surface area contributed by atoms with Crippen LogP contribution in [0.2, 0.25) is 0 Å². The molecule has 0 heterocycles. The van der Waals surface area contributed by atoms with Crippen LogP contribution in [0.3, 0.4) is 0 Å². The molecular formula is C10H14N2O3S. The Labute approximate surface area is 94.6 Å². The normalized spacial score (nSPS) is 11.1. The van der Waals surface area contributed by atoms with E-state index in [1.54, 1.807) is 19.1 Å². The average molecular weight is 242 g/mol. The van der Waals surface area contributed by atoms with Gasteiger partial charge in [-0.25, -0.2) is 8.42 Å². The Morgan fingerprint density at radius 3 is 2.62 bits per heavy atom. The molecule has 6 heteroatoms. The van der Waals surface area contributed by atoms with Crippen molar-refractivity contribution in [3.8, 4) is 0 Å². The van der Waals surface area contributed by atoms with Gasteiger partial charge in [0.1, 0.15) is 5.75 Å². The highest BCUT2D eigenvalue weighted by atomic mass is 32.2. The van der Waals surface area contributed by atoms with Crippen LogP contribution in [0, 0.1) is 6.92 Å². The highest BCUT2D eigenvalue weighted by molar-refractivity contribution is 7.92. The third-order valence-corrected chi connectivity index (χ3v) is 3.90. The van der Waals surface area contributed by atoms with Gasteiger partial charge in [-0.05, 0) is 24.6 Å². The predicted octanol–water partition coefficient (Wildman–Crippen LogP) is 0.0969. The first-order valence-corrected chi connectivity index (χ1v) is 6.31. The molecule has 0 saturated heterocycles. The van der Waals surface area contributed by atoms with Crippen LogP contribution < -0.4 is 11.1 Å². The Morgan fingerprint density at radius 1 is 1.44 bits per heavy atom. The van der Waals surface area contributed by atoms with E-state index in [0.29, 0.717) is 11.3 Å². The molecule has 0 unspecified atom stereocenters. The van der Waals surface area contributed by atoms with Crippen LogP contribution in [-0.2, 0) is 14.6 Å². The lowest BCUT2D eigenvalue weighted by atomic mass is 10.2. The first-order chi connectivity index (χ1) is 7.36. The SMILES string of the molecule is CNC(=O)CS(=O)(=O)c1cc(N)ccc1C. The number of hydrogen-bond acceptors (Lipinski definition) is 4. The number of benzene rings is 1. The van der Waals surface area contributed by atoms with E-state index in [2.05, 4.69) is 5.32 Å². The number of nitrogens with one attached hydrogen (secondary N) is 1. The van der Waals surface area contributed by atoms with Crippen molar-refractivity contribution in [2.75, 3.05) is 18.5 Å². The number of carbonyl (C=O) groups is 1. The van der Waals surface area contributed by atoms with Crippen molar-refractivity contribution in [2.45, 2.75) is 11.8 Å². The van der Waals surface area contributed by atoms with E-state index in [1.807, 2.05) is 0 Å². The van der Waals surface area contributed by atoms with E-state index < -0.39 is 21.5 Å². The molecule has 0 aliphatic heterocycles. The lowest BCUT2D eigenvalue weighted by molar-refractivity contribution is -0.118. The Hall–Kier alpha value is -1.56. The van der Waals surface area contributed by atoms with Crippen molar-refractivity contribution in [2.24, 2.45) is 0 Å². The predicted molar refractivity (Wildman–Crippen MR) is 61.7 cm³/mol. The maximum atomic E-state index is 11.9. The second-order valence-corrected chi connectivity index (χ2v) is 5.42. The van der Waals surface area contributed by atoms with Crippen molar-refractivity contribution < 1.29 is 13.2 Å². The lowest BCUT2D eigenvalue weighted by Crippen LogP contribution is -2.27. The molecule has 0 atom stereocenters. The summed E-state index contributed by atoms with van der Waals surface area (Å²) < 4.78 is 23.7. The quantitative estimate of drug-likeness (QED) is 0.735. The molecule has 0 bridgehead atoms. The number of carbonyl (C=O) groups excluding carboxylic acids is 1. The Bertz CT molecular complexity index is 509. The van der Waals surface area contributed by atoms with Gasteiger partial charge >= 0.3 is 0 Å².